The van der Waals surface area contributed by atoms with Crippen LogP contribution in [0.2, 0.25) is 0 Å². The highest BCUT2D eigenvalue weighted by Gasteiger charge is 2.28. The van der Waals surface area contributed by atoms with Gasteiger partial charge in [0.25, 0.3) is 7.37 Å². The summed E-state index contributed by atoms with van der Waals surface area (Å²) in [7, 11) is -3.28. The zero-order valence-electron chi connectivity index (χ0n) is 12.4. The molecule has 2 nitrogen and oxygen atoms in total. The summed E-state index contributed by atoms with van der Waals surface area (Å²) in [5, 5.41) is 1.20. The molecule has 3 rings (SSSR count). The summed E-state index contributed by atoms with van der Waals surface area (Å²) in [6.45, 7) is -0.0479. The molecule has 0 unspecified atom stereocenters. The molecule has 116 valence electrons. The standard InChI is InChI=1S/C19H16FO2P/c20-19-14-8-7-9-16(19)15-22-23(21,17-10-3-1-4-11-17)18-12-5-2-6-13-18/h1-14H,15H2. The van der Waals surface area contributed by atoms with Crippen LogP contribution in [0.4, 0.5) is 4.39 Å². The topological polar surface area (TPSA) is 26.3 Å². The zero-order chi connectivity index (χ0) is 16.1. The van der Waals surface area contributed by atoms with Gasteiger partial charge in [0.1, 0.15) is 5.82 Å². The minimum absolute atomic E-state index is 0.0479. The molecule has 0 aromatic heterocycles. The van der Waals surface area contributed by atoms with Crippen LogP contribution in [0.3, 0.4) is 0 Å². The number of hydrogen-bond acceptors (Lipinski definition) is 2. The number of rotatable bonds is 5. The van der Waals surface area contributed by atoms with Gasteiger partial charge in [-0.25, -0.2) is 4.39 Å². The van der Waals surface area contributed by atoms with Crippen LogP contribution in [0.5, 0.6) is 0 Å². The van der Waals surface area contributed by atoms with Gasteiger partial charge in [-0.3, -0.25) is 4.57 Å². The van der Waals surface area contributed by atoms with Crippen LogP contribution in [-0.2, 0) is 15.7 Å². The van der Waals surface area contributed by atoms with E-state index in [0.717, 1.165) is 0 Å². The van der Waals surface area contributed by atoms with E-state index in [2.05, 4.69) is 0 Å². The summed E-state index contributed by atoms with van der Waals surface area (Å²) in [5.74, 6) is -0.361. The Balaban J connectivity index is 1.97. The zero-order valence-corrected chi connectivity index (χ0v) is 13.3. The average Bonchev–Trinajstić information content (AvgIpc) is 2.62. The first-order valence-corrected chi connectivity index (χ1v) is 8.92. The third kappa shape index (κ3) is 3.42. The molecule has 3 aromatic carbocycles. The van der Waals surface area contributed by atoms with Crippen LogP contribution < -0.4 is 10.6 Å². The minimum atomic E-state index is -3.28. The van der Waals surface area contributed by atoms with Crippen molar-refractivity contribution in [1.82, 2.24) is 0 Å². The van der Waals surface area contributed by atoms with Crippen molar-refractivity contribution in [3.05, 3.63) is 96.3 Å². The highest BCUT2D eigenvalue weighted by atomic mass is 31.2. The summed E-state index contributed by atoms with van der Waals surface area (Å²) in [6, 6.07) is 24.4. The molecular formula is C19H16FO2P. The molecule has 0 fully saturated rings. The second-order valence-electron chi connectivity index (χ2n) is 5.09. The van der Waals surface area contributed by atoms with Crippen LogP contribution in [-0.4, -0.2) is 0 Å². The van der Waals surface area contributed by atoms with Gasteiger partial charge < -0.3 is 4.52 Å². The van der Waals surface area contributed by atoms with E-state index in [1.807, 2.05) is 36.4 Å². The predicted octanol–water partition coefficient (Wildman–Crippen LogP) is 4.27. The van der Waals surface area contributed by atoms with Crippen LogP contribution in [0.1, 0.15) is 5.56 Å². The highest BCUT2D eigenvalue weighted by Crippen LogP contribution is 2.45. The van der Waals surface area contributed by atoms with Crippen molar-refractivity contribution < 1.29 is 13.5 Å². The Hall–Kier alpha value is -2.22. The van der Waals surface area contributed by atoms with Crippen molar-refractivity contribution in [1.29, 1.82) is 0 Å². The molecule has 0 atom stereocenters. The fourth-order valence-electron chi connectivity index (χ4n) is 2.32. The van der Waals surface area contributed by atoms with Crippen LogP contribution in [0, 0.1) is 5.82 Å². The van der Waals surface area contributed by atoms with Gasteiger partial charge in [0.15, 0.2) is 0 Å². The molecule has 23 heavy (non-hydrogen) atoms. The monoisotopic (exact) mass is 326 g/mol. The van der Waals surface area contributed by atoms with Gasteiger partial charge in [-0.15, -0.1) is 0 Å². The van der Waals surface area contributed by atoms with E-state index in [0.29, 0.717) is 16.2 Å². The quantitative estimate of drug-likeness (QED) is 0.655. The largest absolute Gasteiger partial charge is 0.317 e. The van der Waals surface area contributed by atoms with Crippen molar-refractivity contribution in [3.63, 3.8) is 0 Å². The van der Waals surface area contributed by atoms with Crippen LogP contribution in [0.15, 0.2) is 84.9 Å². The van der Waals surface area contributed by atoms with E-state index in [4.69, 9.17) is 4.52 Å². The van der Waals surface area contributed by atoms with E-state index in [-0.39, 0.29) is 12.4 Å². The molecule has 0 heterocycles. The second-order valence-corrected chi connectivity index (χ2v) is 7.48. The lowest BCUT2D eigenvalue weighted by atomic mass is 10.2. The first kappa shape index (κ1) is 15.7. The third-order valence-corrected chi connectivity index (χ3v) is 6.00. The molecule has 0 saturated heterocycles. The normalized spacial score (nSPS) is 11.3. The van der Waals surface area contributed by atoms with Gasteiger partial charge in [-0.2, -0.15) is 0 Å². The lowest BCUT2D eigenvalue weighted by Gasteiger charge is -2.19. The van der Waals surface area contributed by atoms with Crippen LogP contribution >= 0.6 is 7.37 Å². The molecule has 0 saturated carbocycles. The molecular weight excluding hydrogens is 310 g/mol. The molecule has 3 aromatic rings. The molecule has 0 bridgehead atoms. The molecule has 0 spiro atoms. The molecule has 4 heteroatoms. The van der Waals surface area contributed by atoms with Crippen molar-refractivity contribution in [3.8, 4) is 0 Å². The van der Waals surface area contributed by atoms with Gasteiger partial charge in [-0.05, 0) is 30.3 Å². The summed E-state index contributed by atoms with van der Waals surface area (Å²) < 4.78 is 33.1. The Kier molecular flexibility index (Phi) is 4.71. The van der Waals surface area contributed by atoms with Crippen molar-refractivity contribution >= 4 is 18.0 Å². The Labute approximate surface area is 135 Å². The Morgan fingerprint density at radius 1 is 0.739 bits per heavy atom. The van der Waals surface area contributed by atoms with Gasteiger partial charge in [0.2, 0.25) is 0 Å². The van der Waals surface area contributed by atoms with E-state index < -0.39 is 7.37 Å². The molecule has 0 aliphatic carbocycles. The summed E-state index contributed by atoms with van der Waals surface area (Å²) in [6.07, 6.45) is 0. The van der Waals surface area contributed by atoms with Crippen LogP contribution in [0.25, 0.3) is 0 Å². The average molecular weight is 326 g/mol. The summed E-state index contributed by atoms with van der Waals surface area (Å²) in [4.78, 5) is 0. The maximum atomic E-state index is 13.8. The Morgan fingerprint density at radius 3 is 1.74 bits per heavy atom. The van der Waals surface area contributed by atoms with Crippen molar-refractivity contribution in [2.45, 2.75) is 6.61 Å². The SMILES string of the molecule is O=P(OCc1ccccc1F)(c1ccccc1)c1ccccc1. The Bertz CT molecular complexity index is 776. The third-order valence-electron chi connectivity index (χ3n) is 3.55. The number of benzene rings is 3. The first-order valence-electron chi connectivity index (χ1n) is 7.29. The molecule has 0 aliphatic rings. The molecule has 0 N–H and O–H groups in total. The summed E-state index contributed by atoms with van der Waals surface area (Å²) in [5.41, 5.74) is 0.389. The number of halogens is 1. The lowest BCUT2D eigenvalue weighted by molar-refractivity contribution is 0.310. The van der Waals surface area contributed by atoms with Gasteiger partial charge in [-0.1, -0.05) is 54.6 Å². The van der Waals surface area contributed by atoms with E-state index in [1.165, 1.54) is 6.07 Å². The van der Waals surface area contributed by atoms with E-state index >= 15 is 0 Å². The maximum absolute atomic E-state index is 13.8. The molecule has 0 radical (unpaired) electrons. The van der Waals surface area contributed by atoms with Crippen molar-refractivity contribution in [2.75, 3.05) is 0 Å². The van der Waals surface area contributed by atoms with Gasteiger partial charge in [0, 0.05) is 16.2 Å². The van der Waals surface area contributed by atoms with Crippen molar-refractivity contribution in [2.24, 2.45) is 0 Å². The van der Waals surface area contributed by atoms with E-state index in [1.54, 1.807) is 42.5 Å². The molecule has 0 aliphatic heterocycles. The van der Waals surface area contributed by atoms with E-state index in [9.17, 15) is 8.96 Å². The second kappa shape index (κ2) is 6.91. The molecule has 0 amide bonds. The minimum Gasteiger partial charge on any atom is -0.317 e. The fraction of sp³-hybridized carbons (Fsp3) is 0.0526. The number of hydrogen-bond donors (Lipinski definition) is 0. The summed E-state index contributed by atoms with van der Waals surface area (Å²) >= 11 is 0. The maximum Gasteiger partial charge on any atom is 0.261 e. The Morgan fingerprint density at radius 2 is 1.22 bits per heavy atom. The lowest BCUT2D eigenvalue weighted by Crippen LogP contribution is -2.18. The highest BCUT2D eigenvalue weighted by molar-refractivity contribution is 7.74. The fourth-order valence-corrected chi connectivity index (χ4v) is 4.37. The van der Waals surface area contributed by atoms with Gasteiger partial charge in [0.05, 0.1) is 6.61 Å². The predicted molar refractivity (Wildman–Crippen MR) is 90.9 cm³/mol. The van der Waals surface area contributed by atoms with Gasteiger partial charge >= 0.3 is 0 Å². The first-order chi connectivity index (χ1) is 11.2. The smallest absolute Gasteiger partial charge is 0.261 e.